The lowest BCUT2D eigenvalue weighted by Gasteiger charge is -2.10. The zero-order chi connectivity index (χ0) is 14.5. The number of carbonyl (C=O) groups is 1. The Labute approximate surface area is 120 Å². The molecule has 1 heteroatoms. The fourth-order valence-corrected chi connectivity index (χ4v) is 2.37. The molecule has 0 N–H and O–H groups in total. The van der Waals surface area contributed by atoms with Gasteiger partial charge in [-0.15, -0.1) is 0 Å². The summed E-state index contributed by atoms with van der Waals surface area (Å²) < 4.78 is 0. The molecule has 0 aromatic heterocycles. The van der Waals surface area contributed by atoms with Crippen LogP contribution in [0.4, 0.5) is 0 Å². The number of allylic oxidation sites excluding steroid dienone is 2. The van der Waals surface area contributed by atoms with Crippen LogP contribution in [0.15, 0.2) is 11.6 Å². The lowest BCUT2D eigenvalue weighted by atomic mass is 9.96. The van der Waals surface area contributed by atoms with Crippen LogP contribution in [0.5, 0.6) is 0 Å². The number of Topliss-reactive ketones (excluding diaryl/α,β-unsaturated/α-hetero) is 1. The highest BCUT2D eigenvalue weighted by atomic mass is 16.1. The Morgan fingerprint density at radius 1 is 1.05 bits per heavy atom. The van der Waals surface area contributed by atoms with Crippen LogP contribution in [0.25, 0.3) is 0 Å². The van der Waals surface area contributed by atoms with E-state index in [1.54, 1.807) is 0 Å². The number of unbranched alkanes of at least 4 members (excludes halogenated alkanes) is 2. The average Bonchev–Trinajstić information content (AvgIpc) is 2.38. The molecular weight excluding hydrogens is 232 g/mol. The van der Waals surface area contributed by atoms with Gasteiger partial charge in [0.05, 0.1) is 0 Å². The van der Waals surface area contributed by atoms with Crippen molar-refractivity contribution < 1.29 is 4.79 Å². The summed E-state index contributed by atoms with van der Waals surface area (Å²) in [5, 5.41) is 0. The number of hydrogen-bond donors (Lipinski definition) is 0. The molecule has 0 aliphatic carbocycles. The molecule has 0 fully saturated rings. The van der Waals surface area contributed by atoms with E-state index in [1.807, 2.05) is 6.92 Å². The van der Waals surface area contributed by atoms with E-state index in [1.165, 1.54) is 50.5 Å². The molecule has 1 atom stereocenters. The predicted octanol–water partition coefficient (Wildman–Crippen LogP) is 6.08. The molecular formula is C18H34O. The summed E-state index contributed by atoms with van der Waals surface area (Å²) in [5.74, 6) is 1.26. The standard InChI is InChI=1S/C18H34O/c1-5-7-8-11-16(3)12-9-13-17(4)14-10-15-18(19)6-2/h14,16H,5-13,15H2,1-4H3. The molecule has 0 aliphatic heterocycles. The van der Waals surface area contributed by atoms with Gasteiger partial charge in [0.1, 0.15) is 5.78 Å². The summed E-state index contributed by atoms with van der Waals surface area (Å²) in [6, 6.07) is 0. The molecule has 0 radical (unpaired) electrons. The quantitative estimate of drug-likeness (QED) is 0.309. The maximum absolute atomic E-state index is 11.2. The normalized spacial score (nSPS) is 13.6. The summed E-state index contributed by atoms with van der Waals surface area (Å²) in [7, 11) is 0. The smallest absolute Gasteiger partial charge is 0.132 e. The van der Waals surface area contributed by atoms with Crippen molar-refractivity contribution in [3.63, 3.8) is 0 Å². The Kier molecular flexibility index (Phi) is 12.1. The van der Waals surface area contributed by atoms with Crippen LogP contribution in [0, 0.1) is 5.92 Å². The molecule has 0 saturated heterocycles. The SMILES string of the molecule is CCCCCC(C)CCCC(C)=CCCC(=O)CC. The first-order valence-electron chi connectivity index (χ1n) is 8.27. The van der Waals surface area contributed by atoms with Crippen LogP contribution in [-0.4, -0.2) is 5.78 Å². The van der Waals surface area contributed by atoms with Crippen molar-refractivity contribution in [2.75, 3.05) is 0 Å². The fourth-order valence-electron chi connectivity index (χ4n) is 2.37. The number of ketones is 1. The maximum Gasteiger partial charge on any atom is 0.132 e. The first kappa shape index (κ1) is 18.4. The lowest BCUT2D eigenvalue weighted by molar-refractivity contribution is -0.118. The highest BCUT2D eigenvalue weighted by Crippen LogP contribution is 2.18. The number of rotatable bonds is 12. The van der Waals surface area contributed by atoms with E-state index < -0.39 is 0 Å². The van der Waals surface area contributed by atoms with Crippen LogP contribution in [-0.2, 0) is 4.79 Å². The second kappa shape index (κ2) is 12.4. The van der Waals surface area contributed by atoms with Gasteiger partial charge in [-0.2, -0.15) is 0 Å². The van der Waals surface area contributed by atoms with Crippen molar-refractivity contribution >= 4 is 5.78 Å². The zero-order valence-electron chi connectivity index (χ0n) is 13.6. The van der Waals surface area contributed by atoms with Gasteiger partial charge in [0.15, 0.2) is 0 Å². The topological polar surface area (TPSA) is 17.1 Å². The summed E-state index contributed by atoms with van der Waals surface area (Å²) in [4.78, 5) is 11.2. The van der Waals surface area contributed by atoms with Gasteiger partial charge in [0.2, 0.25) is 0 Å². The van der Waals surface area contributed by atoms with Crippen LogP contribution >= 0.6 is 0 Å². The van der Waals surface area contributed by atoms with Gasteiger partial charge in [-0.05, 0) is 32.1 Å². The van der Waals surface area contributed by atoms with Crippen molar-refractivity contribution in [3.05, 3.63) is 11.6 Å². The third-order valence-electron chi connectivity index (χ3n) is 3.88. The molecule has 0 spiro atoms. The summed E-state index contributed by atoms with van der Waals surface area (Å²) >= 11 is 0. The minimum absolute atomic E-state index is 0.383. The van der Waals surface area contributed by atoms with E-state index in [2.05, 4.69) is 26.8 Å². The second-order valence-electron chi connectivity index (χ2n) is 5.97. The zero-order valence-corrected chi connectivity index (χ0v) is 13.6. The highest BCUT2D eigenvalue weighted by Gasteiger charge is 2.02. The van der Waals surface area contributed by atoms with Crippen molar-refractivity contribution in [1.29, 1.82) is 0 Å². The van der Waals surface area contributed by atoms with Crippen molar-refractivity contribution in [2.45, 2.75) is 91.9 Å². The van der Waals surface area contributed by atoms with Crippen molar-refractivity contribution in [2.24, 2.45) is 5.92 Å². The number of carbonyl (C=O) groups excluding carboxylic acids is 1. The molecule has 0 bridgehead atoms. The monoisotopic (exact) mass is 266 g/mol. The van der Waals surface area contributed by atoms with E-state index in [9.17, 15) is 4.79 Å². The minimum Gasteiger partial charge on any atom is -0.300 e. The molecule has 1 nitrogen and oxygen atoms in total. The Balaban J connectivity index is 3.58. The third-order valence-corrected chi connectivity index (χ3v) is 3.88. The van der Waals surface area contributed by atoms with E-state index in [0.29, 0.717) is 12.2 Å². The average molecular weight is 266 g/mol. The fraction of sp³-hybridized carbons (Fsp3) is 0.833. The molecule has 19 heavy (non-hydrogen) atoms. The summed E-state index contributed by atoms with van der Waals surface area (Å²) in [5.41, 5.74) is 1.46. The van der Waals surface area contributed by atoms with Gasteiger partial charge < -0.3 is 0 Å². The van der Waals surface area contributed by atoms with Gasteiger partial charge in [0, 0.05) is 12.8 Å². The van der Waals surface area contributed by atoms with Crippen molar-refractivity contribution in [3.8, 4) is 0 Å². The van der Waals surface area contributed by atoms with Gasteiger partial charge in [-0.3, -0.25) is 4.79 Å². The number of hydrogen-bond acceptors (Lipinski definition) is 1. The third kappa shape index (κ3) is 12.2. The minimum atomic E-state index is 0.383. The van der Waals surface area contributed by atoms with Gasteiger partial charge in [-0.1, -0.05) is 64.5 Å². The maximum atomic E-state index is 11.2. The van der Waals surface area contributed by atoms with Crippen LogP contribution in [0.2, 0.25) is 0 Å². The van der Waals surface area contributed by atoms with Crippen LogP contribution in [0.3, 0.4) is 0 Å². The van der Waals surface area contributed by atoms with E-state index in [4.69, 9.17) is 0 Å². The Bertz CT molecular complexity index is 252. The molecule has 1 unspecified atom stereocenters. The first-order chi connectivity index (χ1) is 9.10. The summed E-state index contributed by atoms with van der Waals surface area (Å²) in [6.45, 7) is 8.80. The Morgan fingerprint density at radius 2 is 1.74 bits per heavy atom. The molecule has 0 saturated carbocycles. The van der Waals surface area contributed by atoms with Gasteiger partial charge in [0.25, 0.3) is 0 Å². The highest BCUT2D eigenvalue weighted by molar-refractivity contribution is 5.78. The first-order valence-corrected chi connectivity index (χ1v) is 8.27. The van der Waals surface area contributed by atoms with Crippen LogP contribution < -0.4 is 0 Å². The Morgan fingerprint density at radius 3 is 2.37 bits per heavy atom. The summed E-state index contributed by atoms with van der Waals surface area (Å²) in [6.07, 6.45) is 14.0. The van der Waals surface area contributed by atoms with Gasteiger partial charge in [-0.25, -0.2) is 0 Å². The largest absolute Gasteiger partial charge is 0.300 e. The molecule has 0 aromatic carbocycles. The molecule has 0 rings (SSSR count). The second-order valence-corrected chi connectivity index (χ2v) is 5.97. The van der Waals surface area contributed by atoms with E-state index >= 15 is 0 Å². The van der Waals surface area contributed by atoms with Gasteiger partial charge >= 0.3 is 0 Å². The van der Waals surface area contributed by atoms with E-state index in [-0.39, 0.29) is 0 Å². The predicted molar refractivity (Wildman–Crippen MR) is 85.4 cm³/mol. The molecule has 0 aliphatic rings. The van der Waals surface area contributed by atoms with Crippen LogP contribution in [0.1, 0.15) is 91.9 Å². The molecule has 0 amide bonds. The molecule has 0 heterocycles. The van der Waals surface area contributed by atoms with Crippen molar-refractivity contribution in [1.82, 2.24) is 0 Å². The lowest BCUT2D eigenvalue weighted by Crippen LogP contribution is -1.95. The Hall–Kier alpha value is -0.590. The molecule has 0 aromatic rings. The van der Waals surface area contributed by atoms with E-state index in [0.717, 1.165) is 18.8 Å². The molecule has 112 valence electrons.